The molecule has 2 aliphatic rings. The fraction of sp³-hybridized carbons (Fsp3) is 0.368. The van der Waals surface area contributed by atoms with Crippen molar-refractivity contribution in [2.75, 3.05) is 39.9 Å². The van der Waals surface area contributed by atoms with Crippen molar-refractivity contribution in [2.24, 2.45) is 0 Å². The summed E-state index contributed by atoms with van der Waals surface area (Å²) in [5.74, 6) is 3.10. The van der Waals surface area contributed by atoms with Crippen LogP contribution in [0.5, 0.6) is 23.0 Å². The largest absolute Gasteiger partial charge is 0.497 e. The van der Waals surface area contributed by atoms with Gasteiger partial charge in [-0.05, 0) is 35.9 Å². The number of nitrogens with one attached hydrogen (secondary N) is 2. The summed E-state index contributed by atoms with van der Waals surface area (Å²) >= 11 is 0. The van der Waals surface area contributed by atoms with Gasteiger partial charge in [-0.25, -0.2) is 0 Å². The predicted molar refractivity (Wildman–Crippen MR) is 93.9 cm³/mol. The summed E-state index contributed by atoms with van der Waals surface area (Å²) in [7, 11) is 5.55. The summed E-state index contributed by atoms with van der Waals surface area (Å²) < 4.78 is 22.2. The van der Waals surface area contributed by atoms with E-state index in [1.807, 2.05) is 24.3 Å². The van der Waals surface area contributed by atoms with Crippen LogP contribution in [0.15, 0.2) is 30.3 Å². The van der Waals surface area contributed by atoms with Crippen molar-refractivity contribution in [3.63, 3.8) is 0 Å². The third kappa shape index (κ3) is 2.72. The second-order valence-electron chi connectivity index (χ2n) is 6.37. The molecule has 132 valence electrons. The van der Waals surface area contributed by atoms with Gasteiger partial charge in [0.1, 0.15) is 5.75 Å². The summed E-state index contributed by atoms with van der Waals surface area (Å²) in [6.45, 7) is 1.28. The molecule has 2 aliphatic heterocycles. The average molecular weight is 343 g/mol. The minimum Gasteiger partial charge on any atom is -0.497 e. The lowest BCUT2D eigenvalue weighted by atomic mass is 9.94. The summed E-state index contributed by atoms with van der Waals surface area (Å²) in [4.78, 5) is 1.38. The fourth-order valence-corrected chi connectivity index (χ4v) is 3.58. The number of methoxy groups -OCH3 is 2. The van der Waals surface area contributed by atoms with Crippen LogP contribution in [0.25, 0.3) is 0 Å². The van der Waals surface area contributed by atoms with Gasteiger partial charge in [0.2, 0.25) is 12.5 Å². The summed E-state index contributed by atoms with van der Waals surface area (Å²) in [6, 6.07) is 10.1. The molecule has 25 heavy (non-hydrogen) atoms. The fourth-order valence-electron chi connectivity index (χ4n) is 3.58. The molecule has 2 aromatic rings. The molecular weight excluding hydrogens is 320 g/mol. The number of benzene rings is 2. The number of anilines is 1. The van der Waals surface area contributed by atoms with Crippen molar-refractivity contribution in [1.29, 1.82) is 0 Å². The highest BCUT2D eigenvalue weighted by molar-refractivity contribution is 5.62. The molecule has 1 unspecified atom stereocenters. The lowest BCUT2D eigenvalue weighted by Gasteiger charge is -2.33. The van der Waals surface area contributed by atoms with Crippen LogP contribution in [-0.2, 0) is 6.42 Å². The second kappa shape index (κ2) is 6.37. The van der Waals surface area contributed by atoms with Gasteiger partial charge in [-0.2, -0.15) is 0 Å². The van der Waals surface area contributed by atoms with E-state index in [4.69, 9.17) is 18.9 Å². The third-order valence-electron chi connectivity index (χ3n) is 4.92. The molecule has 0 aromatic heterocycles. The second-order valence-corrected chi connectivity index (χ2v) is 6.37. The van der Waals surface area contributed by atoms with Gasteiger partial charge < -0.3 is 29.2 Å². The van der Waals surface area contributed by atoms with E-state index >= 15 is 0 Å². The van der Waals surface area contributed by atoms with Crippen LogP contribution in [-0.4, -0.2) is 34.6 Å². The zero-order valence-electron chi connectivity index (χ0n) is 14.7. The van der Waals surface area contributed by atoms with Crippen LogP contribution in [0.2, 0.25) is 0 Å². The standard InChI is InChI=1S/C19H22N2O4/c1-21-9-8-12-10-15-17(25-11-24-15)18(23-3)16(12)19(21)20-13-4-6-14(22-2)7-5-13/h4-7,10,19-20H,8-9,11H2,1-3H3/p+1/t19-/m1/s1. The first-order valence-electron chi connectivity index (χ1n) is 8.43. The van der Waals surface area contributed by atoms with E-state index in [2.05, 4.69) is 18.4 Å². The molecular formula is C19H23N2O4+. The lowest BCUT2D eigenvalue weighted by molar-refractivity contribution is -0.910. The van der Waals surface area contributed by atoms with E-state index < -0.39 is 0 Å². The highest BCUT2D eigenvalue weighted by atomic mass is 16.7. The number of hydrogen-bond acceptors (Lipinski definition) is 5. The molecule has 0 radical (unpaired) electrons. The van der Waals surface area contributed by atoms with E-state index in [0.717, 1.165) is 41.5 Å². The molecule has 0 saturated carbocycles. The Labute approximate surface area is 147 Å². The number of rotatable bonds is 4. The maximum Gasteiger partial charge on any atom is 0.231 e. The van der Waals surface area contributed by atoms with Crippen molar-refractivity contribution >= 4 is 5.69 Å². The van der Waals surface area contributed by atoms with E-state index in [-0.39, 0.29) is 13.0 Å². The normalized spacial score (nSPS) is 20.8. The summed E-state index contributed by atoms with van der Waals surface area (Å²) in [6.07, 6.45) is 1.05. The Morgan fingerprint density at radius 1 is 1.12 bits per heavy atom. The van der Waals surface area contributed by atoms with Crippen LogP contribution < -0.4 is 29.2 Å². The Hall–Kier alpha value is -2.60. The van der Waals surface area contributed by atoms with Crippen molar-refractivity contribution in [2.45, 2.75) is 12.6 Å². The van der Waals surface area contributed by atoms with Gasteiger partial charge in [-0.1, -0.05) is 0 Å². The molecule has 2 N–H and O–H groups in total. The Kier molecular flexibility index (Phi) is 4.05. The predicted octanol–water partition coefficient (Wildman–Crippen LogP) is 1.61. The minimum atomic E-state index is 0.0709. The van der Waals surface area contributed by atoms with Crippen LogP contribution in [0.4, 0.5) is 5.69 Å². The van der Waals surface area contributed by atoms with Crippen LogP contribution in [0.1, 0.15) is 17.3 Å². The van der Waals surface area contributed by atoms with Gasteiger partial charge in [-0.3, -0.25) is 0 Å². The first-order valence-corrected chi connectivity index (χ1v) is 8.43. The van der Waals surface area contributed by atoms with Crippen molar-refractivity contribution in [3.05, 3.63) is 41.5 Å². The first-order chi connectivity index (χ1) is 12.2. The van der Waals surface area contributed by atoms with E-state index in [0.29, 0.717) is 5.75 Å². The lowest BCUT2D eigenvalue weighted by Crippen LogP contribution is -3.11. The number of ether oxygens (including phenoxy) is 4. The maximum atomic E-state index is 5.73. The number of quaternary nitrogens is 1. The van der Waals surface area contributed by atoms with Gasteiger partial charge in [0.25, 0.3) is 0 Å². The molecule has 0 fully saturated rings. The Morgan fingerprint density at radius 2 is 1.92 bits per heavy atom. The molecule has 2 atom stereocenters. The monoisotopic (exact) mass is 343 g/mol. The first kappa shape index (κ1) is 15.9. The number of hydrogen-bond donors (Lipinski definition) is 2. The van der Waals surface area contributed by atoms with Gasteiger partial charge in [0, 0.05) is 12.1 Å². The zero-order chi connectivity index (χ0) is 17.4. The molecule has 6 nitrogen and oxygen atoms in total. The van der Waals surface area contributed by atoms with Gasteiger partial charge in [0.15, 0.2) is 17.7 Å². The quantitative estimate of drug-likeness (QED) is 0.883. The molecule has 0 amide bonds. The maximum absolute atomic E-state index is 5.73. The van der Waals surface area contributed by atoms with Crippen LogP contribution in [0.3, 0.4) is 0 Å². The molecule has 0 aliphatic carbocycles. The van der Waals surface area contributed by atoms with E-state index in [1.165, 1.54) is 10.5 Å². The molecule has 2 heterocycles. The third-order valence-corrected chi connectivity index (χ3v) is 4.92. The minimum absolute atomic E-state index is 0.0709. The topological polar surface area (TPSA) is 53.4 Å². The van der Waals surface area contributed by atoms with E-state index in [1.54, 1.807) is 14.2 Å². The SMILES string of the molecule is COc1ccc(N[C@H]2c3c(cc4c(c3OC)OCO4)CC[NH+]2C)cc1. The van der Waals surface area contributed by atoms with Crippen molar-refractivity contribution in [1.82, 2.24) is 0 Å². The summed E-state index contributed by atoms with van der Waals surface area (Å²) in [5, 5.41) is 3.64. The van der Waals surface area contributed by atoms with Gasteiger partial charge >= 0.3 is 0 Å². The molecule has 0 spiro atoms. The average Bonchev–Trinajstić information content (AvgIpc) is 3.11. The Balaban J connectivity index is 1.74. The molecule has 4 rings (SSSR count). The van der Waals surface area contributed by atoms with Gasteiger partial charge in [-0.15, -0.1) is 0 Å². The highest BCUT2D eigenvalue weighted by Gasteiger charge is 2.36. The molecule has 6 heteroatoms. The van der Waals surface area contributed by atoms with Crippen molar-refractivity contribution < 1.29 is 23.8 Å². The van der Waals surface area contributed by atoms with E-state index in [9.17, 15) is 0 Å². The molecule has 2 aromatic carbocycles. The Bertz CT molecular complexity index is 776. The number of fused-ring (bicyclic) bond motifs is 2. The number of likely N-dealkylation sites (N-methyl/N-ethyl adjacent to an activating group) is 1. The molecule has 0 saturated heterocycles. The zero-order valence-corrected chi connectivity index (χ0v) is 14.7. The highest BCUT2D eigenvalue weighted by Crippen LogP contribution is 2.47. The van der Waals surface area contributed by atoms with Crippen LogP contribution in [0, 0.1) is 0 Å². The van der Waals surface area contributed by atoms with Crippen LogP contribution >= 0.6 is 0 Å². The smallest absolute Gasteiger partial charge is 0.231 e. The molecule has 0 bridgehead atoms. The Morgan fingerprint density at radius 3 is 2.64 bits per heavy atom. The van der Waals surface area contributed by atoms with Gasteiger partial charge in [0.05, 0.1) is 33.4 Å². The summed E-state index contributed by atoms with van der Waals surface area (Å²) in [5.41, 5.74) is 3.43. The van der Waals surface area contributed by atoms with Crippen molar-refractivity contribution in [3.8, 4) is 23.0 Å².